The zero-order valence-corrected chi connectivity index (χ0v) is 17.0. The fourth-order valence-electron chi connectivity index (χ4n) is 3.92. The first kappa shape index (κ1) is 19.5. The zero-order valence-electron chi connectivity index (χ0n) is 17.0. The maximum Gasteiger partial charge on any atom is 0.356 e. The predicted molar refractivity (Wildman–Crippen MR) is 112 cm³/mol. The van der Waals surface area contributed by atoms with Gasteiger partial charge in [0.05, 0.1) is 6.54 Å². The molecule has 0 saturated carbocycles. The van der Waals surface area contributed by atoms with Crippen LogP contribution in [-0.4, -0.2) is 41.0 Å². The van der Waals surface area contributed by atoms with E-state index in [9.17, 15) is 5.11 Å². The third-order valence-corrected chi connectivity index (χ3v) is 5.69. The first-order valence-corrected chi connectivity index (χ1v) is 10.2. The molecule has 0 fully saturated rings. The maximum absolute atomic E-state index is 10.9. The number of imidazole rings is 1. The Hall–Kier alpha value is -2.77. The van der Waals surface area contributed by atoms with Crippen LogP contribution in [0.4, 0.5) is 5.95 Å². The van der Waals surface area contributed by atoms with Gasteiger partial charge in [-0.05, 0) is 42.9 Å². The molecule has 1 aromatic heterocycles. The molecule has 0 aliphatic carbocycles. The summed E-state index contributed by atoms with van der Waals surface area (Å²) >= 11 is 0. The largest absolute Gasteiger partial charge is 0.454 e. The summed E-state index contributed by atoms with van der Waals surface area (Å²) in [5.41, 5.74) is 9.43. The second kappa shape index (κ2) is 8.31. The van der Waals surface area contributed by atoms with E-state index in [0.29, 0.717) is 24.0 Å². The summed E-state index contributed by atoms with van der Waals surface area (Å²) in [5, 5.41) is 10.9. The highest BCUT2D eigenvalue weighted by Gasteiger charge is 2.24. The Morgan fingerprint density at radius 3 is 2.69 bits per heavy atom. The predicted octanol–water partition coefficient (Wildman–Crippen LogP) is 2.32. The van der Waals surface area contributed by atoms with Crippen LogP contribution in [0.2, 0.25) is 0 Å². The first-order chi connectivity index (χ1) is 14.1. The van der Waals surface area contributed by atoms with Crippen molar-refractivity contribution in [3.05, 3.63) is 48.0 Å². The summed E-state index contributed by atoms with van der Waals surface area (Å²) < 4.78 is 14.9. The second-order valence-corrected chi connectivity index (χ2v) is 7.26. The first-order valence-electron chi connectivity index (χ1n) is 10.2. The molecule has 4 rings (SSSR count). The molecule has 7 nitrogen and oxygen atoms in total. The number of para-hydroxylation sites is 2. The monoisotopic (exact) mass is 397 g/mol. The lowest BCUT2D eigenvalue weighted by Crippen LogP contribution is -2.39. The van der Waals surface area contributed by atoms with Gasteiger partial charge >= 0.3 is 5.95 Å². The topological polar surface area (TPSA) is 76.8 Å². The van der Waals surface area contributed by atoms with Gasteiger partial charge in [0.1, 0.15) is 23.7 Å². The van der Waals surface area contributed by atoms with Gasteiger partial charge in [0, 0.05) is 6.54 Å². The lowest BCUT2D eigenvalue weighted by atomic mass is 10.1. The summed E-state index contributed by atoms with van der Waals surface area (Å²) in [5.74, 6) is 2.03. The lowest BCUT2D eigenvalue weighted by Gasteiger charge is -2.17. The highest BCUT2D eigenvalue weighted by Crippen LogP contribution is 2.34. The van der Waals surface area contributed by atoms with Crippen LogP contribution in [0.25, 0.3) is 11.0 Å². The van der Waals surface area contributed by atoms with Crippen molar-refractivity contribution in [2.45, 2.75) is 33.0 Å². The van der Waals surface area contributed by atoms with E-state index in [0.717, 1.165) is 42.8 Å². The van der Waals surface area contributed by atoms with E-state index < -0.39 is 6.10 Å². The van der Waals surface area contributed by atoms with Crippen LogP contribution >= 0.6 is 0 Å². The molecule has 1 aliphatic rings. The number of hydrogen-bond donors (Lipinski definition) is 2. The summed E-state index contributed by atoms with van der Waals surface area (Å²) in [6.45, 7) is 8.69. The van der Waals surface area contributed by atoms with Gasteiger partial charge in [-0.1, -0.05) is 32.0 Å². The molecule has 29 heavy (non-hydrogen) atoms. The van der Waals surface area contributed by atoms with E-state index in [-0.39, 0.29) is 6.79 Å². The highest BCUT2D eigenvalue weighted by atomic mass is 16.7. The van der Waals surface area contributed by atoms with Crippen molar-refractivity contribution in [1.82, 2.24) is 9.47 Å². The van der Waals surface area contributed by atoms with Crippen LogP contribution in [0.15, 0.2) is 42.5 Å². The van der Waals surface area contributed by atoms with Crippen molar-refractivity contribution in [3.8, 4) is 11.5 Å². The number of nitrogens with two attached hydrogens (primary N) is 1. The Labute approximate surface area is 170 Å². The number of aliphatic hydroxyl groups excluding tert-OH is 1. The number of nitrogen functional groups attached to an aromatic ring is 1. The molecule has 3 aromatic rings. The van der Waals surface area contributed by atoms with E-state index >= 15 is 0 Å². The summed E-state index contributed by atoms with van der Waals surface area (Å²) in [7, 11) is 0. The Bertz CT molecular complexity index is 997. The van der Waals surface area contributed by atoms with Gasteiger partial charge < -0.3 is 19.5 Å². The van der Waals surface area contributed by atoms with Crippen LogP contribution in [0, 0.1) is 0 Å². The molecule has 0 spiro atoms. The van der Waals surface area contributed by atoms with Crippen LogP contribution in [0.3, 0.4) is 0 Å². The average molecular weight is 397 g/mol. The number of rotatable bonds is 8. The Kier molecular flexibility index (Phi) is 5.60. The van der Waals surface area contributed by atoms with E-state index in [2.05, 4.69) is 29.4 Å². The van der Waals surface area contributed by atoms with Crippen molar-refractivity contribution < 1.29 is 19.1 Å². The van der Waals surface area contributed by atoms with Gasteiger partial charge in [-0.2, -0.15) is 0 Å². The molecule has 1 atom stereocenters. The third kappa shape index (κ3) is 3.75. The van der Waals surface area contributed by atoms with Crippen LogP contribution in [0.5, 0.6) is 11.5 Å². The van der Waals surface area contributed by atoms with E-state index in [1.165, 1.54) is 0 Å². The minimum atomic E-state index is -0.709. The van der Waals surface area contributed by atoms with Gasteiger partial charge in [0.15, 0.2) is 11.5 Å². The molecular formula is C22H29N4O3+. The normalized spacial score (nSPS) is 14.1. The number of ether oxygens (including phenoxy) is 2. The minimum absolute atomic E-state index is 0.219. The van der Waals surface area contributed by atoms with E-state index in [1.54, 1.807) is 0 Å². The molecule has 1 aliphatic heterocycles. The highest BCUT2D eigenvalue weighted by molar-refractivity contribution is 5.73. The number of likely N-dealkylation sites (N-methyl/N-ethyl adjacent to an activating group) is 1. The molecule has 154 valence electrons. The van der Waals surface area contributed by atoms with Crippen molar-refractivity contribution in [2.24, 2.45) is 0 Å². The smallest absolute Gasteiger partial charge is 0.356 e. The lowest BCUT2D eigenvalue weighted by molar-refractivity contribution is -0.666. The molecule has 0 saturated heterocycles. The molecule has 0 unspecified atom stereocenters. The van der Waals surface area contributed by atoms with Gasteiger partial charge in [-0.15, -0.1) is 0 Å². The molecule has 3 N–H and O–H groups in total. The summed E-state index contributed by atoms with van der Waals surface area (Å²) in [6.07, 6.45) is -0.709. The van der Waals surface area contributed by atoms with Gasteiger partial charge in [-0.25, -0.2) is 9.13 Å². The quantitative estimate of drug-likeness (QED) is 0.571. The number of hydrogen-bond acceptors (Lipinski definition) is 5. The van der Waals surface area contributed by atoms with Crippen molar-refractivity contribution >= 4 is 17.0 Å². The van der Waals surface area contributed by atoms with Gasteiger partial charge in [0.2, 0.25) is 6.79 Å². The van der Waals surface area contributed by atoms with Crippen LogP contribution < -0.4 is 19.8 Å². The van der Waals surface area contributed by atoms with Crippen molar-refractivity contribution in [3.63, 3.8) is 0 Å². The van der Waals surface area contributed by atoms with E-state index in [1.807, 2.05) is 41.0 Å². The fourth-order valence-corrected chi connectivity index (χ4v) is 3.92. The van der Waals surface area contributed by atoms with Crippen LogP contribution in [0.1, 0.15) is 25.5 Å². The van der Waals surface area contributed by atoms with Gasteiger partial charge in [0.25, 0.3) is 0 Å². The van der Waals surface area contributed by atoms with Crippen LogP contribution in [-0.2, 0) is 13.1 Å². The SMILES string of the molecule is CCN(CC)CCn1c(N)[n+](C[C@H](O)c2ccc3c(c2)OCO3)c2ccccc21. The van der Waals surface area contributed by atoms with Crippen molar-refractivity contribution in [1.29, 1.82) is 0 Å². The Morgan fingerprint density at radius 2 is 1.90 bits per heavy atom. The number of anilines is 1. The summed E-state index contributed by atoms with van der Waals surface area (Å²) in [4.78, 5) is 2.38. The molecule has 0 radical (unpaired) electrons. The van der Waals surface area contributed by atoms with Crippen molar-refractivity contribution in [2.75, 3.05) is 32.2 Å². The Morgan fingerprint density at radius 1 is 1.14 bits per heavy atom. The number of aliphatic hydroxyl groups is 1. The van der Waals surface area contributed by atoms with Gasteiger partial charge in [-0.3, -0.25) is 5.73 Å². The molecule has 0 amide bonds. The number of benzene rings is 2. The maximum atomic E-state index is 10.9. The summed E-state index contributed by atoms with van der Waals surface area (Å²) in [6, 6.07) is 13.7. The van der Waals surface area contributed by atoms with E-state index in [4.69, 9.17) is 15.2 Å². The standard InChI is InChI=1S/C22H28N4O3/c1-3-24(4-2)11-12-25-17-7-5-6-8-18(17)26(22(25)23)14-19(27)16-9-10-20-21(13-16)29-15-28-20/h5-10,13,19,23,27H,3-4,11-12,14-15H2,1-2H3/p+1/t19-/m0/s1. The third-order valence-electron chi connectivity index (χ3n) is 5.69. The molecule has 2 heterocycles. The Balaban J connectivity index is 1.62. The second-order valence-electron chi connectivity index (χ2n) is 7.26. The number of nitrogens with zero attached hydrogens (tertiary/aromatic N) is 3. The fraction of sp³-hybridized carbons (Fsp3) is 0.409. The molecule has 0 bridgehead atoms. The minimum Gasteiger partial charge on any atom is -0.454 e. The molecular weight excluding hydrogens is 368 g/mol. The average Bonchev–Trinajstić information content (AvgIpc) is 3.32. The number of fused-ring (bicyclic) bond motifs is 2. The molecule has 2 aromatic carbocycles. The zero-order chi connectivity index (χ0) is 20.4. The molecule has 7 heteroatoms. The number of aromatic nitrogens is 2.